The van der Waals surface area contributed by atoms with Gasteiger partial charge in [0, 0.05) is 11.8 Å². The monoisotopic (exact) mass is 365 g/mol. The average Bonchev–Trinajstić information content (AvgIpc) is 3.24. The van der Waals surface area contributed by atoms with Crippen LogP contribution in [0.25, 0.3) is 0 Å². The third-order valence-corrected chi connectivity index (χ3v) is 6.76. The summed E-state index contributed by atoms with van der Waals surface area (Å²) in [5, 5.41) is 2.81. The van der Waals surface area contributed by atoms with Gasteiger partial charge in [0.15, 0.2) is 9.84 Å². The quantitative estimate of drug-likeness (QED) is 0.805. The van der Waals surface area contributed by atoms with Crippen molar-refractivity contribution in [3.63, 3.8) is 0 Å². The van der Waals surface area contributed by atoms with Gasteiger partial charge in [0.25, 0.3) is 0 Å². The zero-order chi connectivity index (χ0) is 17.5. The van der Waals surface area contributed by atoms with Crippen molar-refractivity contribution in [2.75, 3.05) is 5.32 Å². The van der Waals surface area contributed by atoms with Crippen molar-refractivity contribution in [3.05, 3.63) is 41.3 Å². The van der Waals surface area contributed by atoms with Crippen LogP contribution in [0.1, 0.15) is 38.7 Å². The second kappa shape index (κ2) is 6.33. The SMILES string of the molecule is CC1CC1c1cnc(Cl)nc1Nc1ccccc1S(=O)(=O)C(C)C. The van der Waals surface area contributed by atoms with Gasteiger partial charge in [-0.3, -0.25) is 0 Å². The first-order valence-electron chi connectivity index (χ1n) is 7.93. The molecule has 0 bridgehead atoms. The van der Waals surface area contributed by atoms with Gasteiger partial charge < -0.3 is 5.32 Å². The molecular formula is C17H20ClN3O2S. The van der Waals surface area contributed by atoms with Crippen molar-refractivity contribution in [2.45, 2.75) is 43.3 Å². The number of hydrogen-bond donors (Lipinski definition) is 1. The number of anilines is 2. The molecule has 1 aromatic carbocycles. The highest BCUT2D eigenvalue weighted by Gasteiger charge is 2.37. The largest absolute Gasteiger partial charge is 0.339 e. The fraction of sp³-hybridized carbons (Fsp3) is 0.412. The molecule has 2 unspecified atom stereocenters. The van der Waals surface area contributed by atoms with Crippen LogP contribution in [0.2, 0.25) is 5.28 Å². The van der Waals surface area contributed by atoms with Gasteiger partial charge in [-0.2, -0.15) is 0 Å². The van der Waals surface area contributed by atoms with Gasteiger partial charge in [0.05, 0.1) is 15.8 Å². The molecule has 1 aliphatic rings. The summed E-state index contributed by atoms with van der Waals surface area (Å²) in [4.78, 5) is 8.62. The molecule has 2 aromatic rings. The highest BCUT2D eigenvalue weighted by atomic mass is 35.5. The number of sulfone groups is 1. The van der Waals surface area contributed by atoms with Crippen LogP contribution < -0.4 is 5.32 Å². The van der Waals surface area contributed by atoms with E-state index in [0.717, 1.165) is 12.0 Å². The molecule has 128 valence electrons. The Morgan fingerprint density at radius 2 is 1.96 bits per heavy atom. The molecule has 0 amide bonds. The normalized spacial score (nSPS) is 20.2. The van der Waals surface area contributed by atoms with Crippen LogP contribution in [0.15, 0.2) is 35.4 Å². The molecule has 0 saturated heterocycles. The Balaban J connectivity index is 2.03. The van der Waals surface area contributed by atoms with Crippen molar-refractivity contribution >= 4 is 32.9 Å². The molecule has 5 nitrogen and oxygen atoms in total. The lowest BCUT2D eigenvalue weighted by Crippen LogP contribution is -2.16. The van der Waals surface area contributed by atoms with Crippen LogP contribution in [0.3, 0.4) is 0 Å². The number of rotatable bonds is 5. The summed E-state index contributed by atoms with van der Waals surface area (Å²) in [7, 11) is -3.40. The van der Waals surface area contributed by atoms with E-state index in [4.69, 9.17) is 11.6 Å². The molecule has 1 aromatic heterocycles. The number of halogens is 1. The zero-order valence-electron chi connectivity index (χ0n) is 13.8. The van der Waals surface area contributed by atoms with E-state index < -0.39 is 15.1 Å². The zero-order valence-corrected chi connectivity index (χ0v) is 15.4. The van der Waals surface area contributed by atoms with Crippen molar-refractivity contribution in [3.8, 4) is 0 Å². The number of para-hydroxylation sites is 1. The number of nitrogens with zero attached hydrogens (tertiary/aromatic N) is 2. The average molecular weight is 366 g/mol. The smallest absolute Gasteiger partial charge is 0.224 e. The highest BCUT2D eigenvalue weighted by Crippen LogP contribution is 2.49. The molecule has 1 aliphatic carbocycles. The van der Waals surface area contributed by atoms with Gasteiger partial charge in [-0.25, -0.2) is 18.4 Å². The molecule has 1 fully saturated rings. The minimum Gasteiger partial charge on any atom is -0.339 e. The Bertz CT molecular complexity index is 868. The Hall–Kier alpha value is -1.66. The second-order valence-corrected chi connectivity index (χ2v) is 9.29. The second-order valence-electron chi connectivity index (χ2n) is 6.48. The summed E-state index contributed by atoms with van der Waals surface area (Å²) >= 11 is 5.94. The van der Waals surface area contributed by atoms with Crippen molar-refractivity contribution in [1.82, 2.24) is 9.97 Å². The molecule has 1 N–H and O–H groups in total. The Kier molecular flexibility index (Phi) is 4.53. The molecule has 0 aliphatic heterocycles. The predicted octanol–water partition coefficient (Wildman–Crippen LogP) is 4.18. The summed E-state index contributed by atoms with van der Waals surface area (Å²) < 4.78 is 25.2. The van der Waals surface area contributed by atoms with E-state index in [-0.39, 0.29) is 10.2 Å². The molecule has 0 spiro atoms. The van der Waals surface area contributed by atoms with E-state index >= 15 is 0 Å². The molecule has 2 atom stereocenters. The number of aromatic nitrogens is 2. The van der Waals surface area contributed by atoms with Gasteiger partial charge in [-0.1, -0.05) is 19.1 Å². The van der Waals surface area contributed by atoms with Crippen LogP contribution in [-0.2, 0) is 9.84 Å². The first kappa shape index (κ1) is 17.2. The standard InChI is InChI=1S/C17H20ClN3O2S/c1-10(2)24(22,23)15-7-5-4-6-14(15)20-16-13(12-8-11(12)3)9-19-17(18)21-16/h4-7,9-12H,8H2,1-3H3,(H,19,20,21). The van der Waals surface area contributed by atoms with E-state index in [1.165, 1.54) is 0 Å². The molecule has 1 saturated carbocycles. The Morgan fingerprint density at radius 1 is 1.29 bits per heavy atom. The van der Waals surface area contributed by atoms with Crippen LogP contribution >= 0.6 is 11.6 Å². The summed E-state index contributed by atoms with van der Waals surface area (Å²) in [6.45, 7) is 5.51. The summed E-state index contributed by atoms with van der Waals surface area (Å²) in [5.41, 5.74) is 1.49. The molecular weight excluding hydrogens is 346 g/mol. The Labute approximate surface area is 147 Å². The van der Waals surface area contributed by atoms with E-state index in [9.17, 15) is 8.42 Å². The van der Waals surface area contributed by atoms with Crippen LogP contribution in [0.4, 0.5) is 11.5 Å². The predicted molar refractivity (Wildman–Crippen MR) is 95.6 cm³/mol. The van der Waals surface area contributed by atoms with Crippen molar-refractivity contribution in [1.29, 1.82) is 0 Å². The van der Waals surface area contributed by atoms with Crippen molar-refractivity contribution < 1.29 is 8.42 Å². The fourth-order valence-corrected chi connectivity index (χ4v) is 4.03. The van der Waals surface area contributed by atoms with Crippen LogP contribution in [0.5, 0.6) is 0 Å². The number of nitrogens with one attached hydrogen (secondary N) is 1. The molecule has 1 heterocycles. The summed E-state index contributed by atoms with van der Waals surface area (Å²) in [6.07, 6.45) is 2.80. The first-order valence-corrected chi connectivity index (χ1v) is 9.85. The molecule has 24 heavy (non-hydrogen) atoms. The first-order chi connectivity index (χ1) is 11.3. The van der Waals surface area contributed by atoms with E-state index in [0.29, 0.717) is 23.3 Å². The highest BCUT2D eigenvalue weighted by molar-refractivity contribution is 7.92. The van der Waals surface area contributed by atoms with Crippen LogP contribution in [0, 0.1) is 5.92 Å². The summed E-state index contributed by atoms with van der Waals surface area (Å²) in [5.74, 6) is 1.54. The summed E-state index contributed by atoms with van der Waals surface area (Å²) in [6, 6.07) is 6.87. The van der Waals surface area contributed by atoms with Gasteiger partial charge >= 0.3 is 0 Å². The number of benzene rings is 1. The minimum absolute atomic E-state index is 0.138. The van der Waals surface area contributed by atoms with Crippen molar-refractivity contribution in [2.24, 2.45) is 5.92 Å². The molecule has 7 heteroatoms. The minimum atomic E-state index is -3.40. The van der Waals surface area contributed by atoms with Gasteiger partial charge in [0.2, 0.25) is 5.28 Å². The maximum Gasteiger partial charge on any atom is 0.224 e. The van der Waals surface area contributed by atoms with Gasteiger partial charge in [0.1, 0.15) is 5.82 Å². The fourth-order valence-electron chi connectivity index (χ4n) is 2.70. The third kappa shape index (κ3) is 3.26. The van der Waals surface area contributed by atoms with Gasteiger partial charge in [-0.05, 0) is 55.8 Å². The third-order valence-electron chi connectivity index (χ3n) is 4.36. The van der Waals surface area contributed by atoms with E-state index in [2.05, 4.69) is 22.2 Å². The maximum absolute atomic E-state index is 12.6. The lowest BCUT2D eigenvalue weighted by molar-refractivity contribution is 0.588. The lowest BCUT2D eigenvalue weighted by Gasteiger charge is -2.16. The van der Waals surface area contributed by atoms with E-state index in [1.807, 2.05) is 0 Å². The molecule has 0 radical (unpaired) electrons. The van der Waals surface area contributed by atoms with Crippen LogP contribution in [-0.4, -0.2) is 23.6 Å². The lowest BCUT2D eigenvalue weighted by atomic mass is 10.1. The molecule has 3 rings (SSSR count). The van der Waals surface area contributed by atoms with Gasteiger partial charge in [-0.15, -0.1) is 0 Å². The number of hydrogen-bond acceptors (Lipinski definition) is 5. The van der Waals surface area contributed by atoms with E-state index in [1.54, 1.807) is 44.3 Å². The Morgan fingerprint density at radius 3 is 2.58 bits per heavy atom. The maximum atomic E-state index is 12.6. The topological polar surface area (TPSA) is 72.0 Å².